The Kier molecular flexibility index (Phi) is 2.29. The number of nitrogens with zero attached hydrogens (tertiary/aromatic N) is 2. The Morgan fingerprint density at radius 1 is 1.60 bits per heavy atom. The lowest BCUT2D eigenvalue weighted by Gasteiger charge is -2.08. The van der Waals surface area contributed by atoms with Gasteiger partial charge in [-0.05, 0) is 19.1 Å². The number of rotatable bonds is 2. The summed E-state index contributed by atoms with van der Waals surface area (Å²) in [4.78, 5) is 15.5. The molecule has 0 amide bonds. The topological polar surface area (TPSA) is 64.3 Å². The van der Waals surface area contributed by atoms with E-state index in [9.17, 15) is 10.0 Å². The maximum Gasteiger partial charge on any atom is 0.338 e. The Balaban J connectivity index is 2.49. The minimum Gasteiger partial charge on any atom is -0.462 e. The summed E-state index contributed by atoms with van der Waals surface area (Å²) in [5.74, 6) is -0.0587. The maximum atomic E-state index is 11.5. The minimum atomic E-state index is -0.406. The van der Waals surface area contributed by atoms with Gasteiger partial charge in [-0.2, -0.15) is 4.73 Å². The third-order valence-corrected chi connectivity index (χ3v) is 2.06. The average molecular weight is 206 g/mol. The van der Waals surface area contributed by atoms with Crippen molar-refractivity contribution in [2.24, 2.45) is 0 Å². The van der Waals surface area contributed by atoms with Crippen molar-refractivity contribution >= 4 is 5.97 Å². The first kappa shape index (κ1) is 9.51. The second-order valence-electron chi connectivity index (χ2n) is 2.98. The van der Waals surface area contributed by atoms with E-state index in [0.29, 0.717) is 23.6 Å². The molecule has 15 heavy (non-hydrogen) atoms. The number of pyridine rings is 1. The molecular formula is C10H10N2O3. The number of aromatic nitrogens is 2. The molecule has 2 heterocycles. The summed E-state index contributed by atoms with van der Waals surface area (Å²) in [6.07, 6.45) is 2.89. The van der Waals surface area contributed by atoms with Gasteiger partial charge in [0, 0.05) is 18.0 Å². The van der Waals surface area contributed by atoms with E-state index in [2.05, 4.69) is 4.98 Å². The van der Waals surface area contributed by atoms with Gasteiger partial charge in [0.15, 0.2) is 5.82 Å². The molecule has 0 atom stereocenters. The summed E-state index contributed by atoms with van der Waals surface area (Å²) in [7, 11) is 0. The van der Waals surface area contributed by atoms with Crippen molar-refractivity contribution in [1.82, 2.24) is 9.71 Å². The van der Waals surface area contributed by atoms with Crippen molar-refractivity contribution in [3.05, 3.63) is 30.1 Å². The zero-order valence-electron chi connectivity index (χ0n) is 8.17. The highest BCUT2D eigenvalue weighted by Gasteiger charge is 2.18. The van der Waals surface area contributed by atoms with E-state index in [1.165, 1.54) is 18.5 Å². The molecule has 0 aromatic carbocycles. The standard InChI is InChI=1S/C10H10N2O3/c1-2-15-10(13)8-4-6-12(14)9-7(8)3-5-11-9/h3-6,14H,2H2,1H3. The van der Waals surface area contributed by atoms with E-state index in [4.69, 9.17) is 4.74 Å². The molecule has 2 rings (SSSR count). The normalized spacial score (nSPS) is 10.5. The number of esters is 1. The molecule has 2 aliphatic rings. The maximum absolute atomic E-state index is 11.5. The Morgan fingerprint density at radius 3 is 3.13 bits per heavy atom. The molecule has 0 aromatic heterocycles. The molecule has 0 radical (unpaired) electrons. The van der Waals surface area contributed by atoms with Crippen LogP contribution in [0.5, 0.6) is 0 Å². The highest BCUT2D eigenvalue weighted by molar-refractivity contribution is 5.96. The molecule has 0 bridgehead atoms. The van der Waals surface area contributed by atoms with Crippen LogP contribution in [0, 0.1) is 0 Å². The zero-order chi connectivity index (χ0) is 10.8. The summed E-state index contributed by atoms with van der Waals surface area (Å²) < 4.78 is 5.76. The highest BCUT2D eigenvalue weighted by atomic mass is 16.5. The molecule has 1 N–H and O–H groups in total. The van der Waals surface area contributed by atoms with Crippen LogP contribution in [0.2, 0.25) is 0 Å². The molecule has 5 heteroatoms. The van der Waals surface area contributed by atoms with E-state index >= 15 is 0 Å². The smallest absolute Gasteiger partial charge is 0.338 e. The summed E-state index contributed by atoms with van der Waals surface area (Å²) in [5.41, 5.74) is 0.994. The summed E-state index contributed by atoms with van der Waals surface area (Å²) in [6, 6.07) is 3.16. The van der Waals surface area contributed by atoms with Crippen LogP contribution in [0.3, 0.4) is 0 Å². The second kappa shape index (κ2) is 3.61. The Hall–Kier alpha value is -2.04. The number of carbonyl (C=O) groups excluding carboxylic acids is 1. The monoisotopic (exact) mass is 206 g/mol. The first-order valence-corrected chi connectivity index (χ1v) is 4.56. The average Bonchev–Trinajstić information content (AvgIpc) is 2.68. The molecule has 0 aliphatic carbocycles. The largest absolute Gasteiger partial charge is 0.462 e. The zero-order valence-corrected chi connectivity index (χ0v) is 8.17. The van der Waals surface area contributed by atoms with E-state index in [-0.39, 0.29) is 0 Å². The number of ether oxygens (including phenoxy) is 1. The predicted octanol–water partition coefficient (Wildman–Crippen LogP) is 1.40. The van der Waals surface area contributed by atoms with Gasteiger partial charge in [-0.3, -0.25) is 0 Å². The van der Waals surface area contributed by atoms with Gasteiger partial charge in [0.25, 0.3) is 0 Å². The van der Waals surface area contributed by atoms with Crippen LogP contribution in [-0.4, -0.2) is 27.5 Å². The Morgan fingerprint density at radius 2 is 2.40 bits per heavy atom. The molecule has 0 unspecified atom stereocenters. The first-order valence-electron chi connectivity index (χ1n) is 4.56. The third-order valence-electron chi connectivity index (χ3n) is 2.06. The van der Waals surface area contributed by atoms with E-state index in [1.54, 1.807) is 13.0 Å². The van der Waals surface area contributed by atoms with Crippen molar-refractivity contribution in [1.29, 1.82) is 0 Å². The molecule has 0 fully saturated rings. The fourth-order valence-corrected chi connectivity index (χ4v) is 1.41. The van der Waals surface area contributed by atoms with Gasteiger partial charge in [-0.15, -0.1) is 0 Å². The molecular weight excluding hydrogens is 196 g/mol. The van der Waals surface area contributed by atoms with E-state index in [1.807, 2.05) is 0 Å². The number of carbonyl (C=O) groups is 1. The lowest BCUT2D eigenvalue weighted by Crippen LogP contribution is -2.09. The summed E-state index contributed by atoms with van der Waals surface area (Å²) >= 11 is 0. The van der Waals surface area contributed by atoms with Crippen LogP contribution in [0.25, 0.3) is 11.4 Å². The lowest BCUT2D eigenvalue weighted by molar-refractivity contribution is 0.0526. The minimum absolute atomic E-state index is 0.322. The summed E-state index contributed by atoms with van der Waals surface area (Å²) in [5, 5.41) is 9.40. The van der Waals surface area contributed by atoms with Crippen LogP contribution in [0.1, 0.15) is 17.3 Å². The Labute approximate surface area is 86.2 Å². The van der Waals surface area contributed by atoms with Crippen LogP contribution in [0.4, 0.5) is 0 Å². The van der Waals surface area contributed by atoms with Gasteiger partial charge >= 0.3 is 5.97 Å². The van der Waals surface area contributed by atoms with E-state index in [0.717, 1.165) is 4.73 Å². The van der Waals surface area contributed by atoms with Crippen LogP contribution in [-0.2, 0) is 4.74 Å². The van der Waals surface area contributed by atoms with Crippen molar-refractivity contribution in [3.63, 3.8) is 0 Å². The molecule has 5 nitrogen and oxygen atoms in total. The Bertz CT molecular complexity index is 464. The predicted molar refractivity (Wildman–Crippen MR) is 52.0 cm³/mol. The van der Waals surface area contributed by atoms with Crippen LogP contribution in [0.15, 0.2) is 24.5 Å². The van der Waals surface area contributed by atoms with Gasteiger partial charge in [0.2, 0.25) is 0 Å². The number of hydrogen-bond acceptors (Lipinski definition) is 4. The van der Waals surface area contributed by atoms with Crippen LogP contribution < -0.4 is 0 Å². The highest BCUT2D eigenvalue weighted by Crippen LogP contribution is 2.24. The van der Waals surface area contributed by atoms with Gasteiger partial charge in [-0.1, -0.05) is 0 Å². The molecule has 2 aliphatic heterocycles. The molecule has 0 aromatic rings. The summed E-state index contributed by atoms with van der Waals surface area (Å²) in [6.45, 7) is 2.07. The number of hydrogen-bond donors (Lipinski definition) is 1. The van der Waals surface area contributed by atoms with Gasteiger partial charge in [0.1, 0.15) is 0 Å². The van der Waals surface area contributed by atoms with Gasteiger partial charge in [0.05, 0.1) is 12.2 Å². The second-order valence-corrected chi connectivity index (χ2v) is 2.98. The van der Waals surface area contributed by atoms with Crippen molar-refractivity contribution < 1.29 is 14.7 Å². The van der Waals surface area contributed by atoms with E-state index < -0.39 is 5.97 Å². The quantitative estimate of drug-likeness (QED) is 0.596. The van der Waals surface area contributed by atoms with Gasteiger partial charge in [-0.25, -0.2) is 9.78 Å². The van der Waals surface area contributed by atoms with Gasteiger partial charge < -0.3 is 9.94 Å². The molecule has 78 valence electrons. The molecule has 0 saturated heterocycles. The first-order chi connectivity index (χ1) is 7.24. The third kappa shape index (κ3) is 1.52. The van der Waals surface area contributed by atoms with Crippen molar-refractivity contribution in [3.8, 4) is 11.4 Å². The SMILES string of the molecule is CCOC(=O)c1ccn(O)c2nccc1-2. The van der Waals surface area contributed by atoms with Crippen LogP contribution >= 0.6 is 0 Å². The van der Waals surface area contributed by atoms with Crippen molar-refractivity contribution in [2.75, 3.05) is 6.61 Å². The fourth-order valence-electron chi connectivity index (χ4n) is 1.41. The molecule has 0 spiro atoms. The number of fused-ring (bicyclic) bond motifs is 1. The fraction of sp³-hybridized carbons (Fsp3) is 0.200. The van der Waals surface area contributed by atoms with Crippen molar-refractivity contribution in [2.45, 2.75) is 6.92 Å². The lowest BCUT2D eigenvalue weighted by atomic mass is 10.1. The molecule has 0 saturated carbocycles.